The van der Waals surface area contributed by atoms with Crippen LogP contribution in [-0.4, -0.2) is 26.7 Å². The van der Waals surface area contributed by atoms with Gasteiger partial charge < -0.3 is 9.26 Å². The summed E-state index contributed by atoms with van der Waals surface area (Å²) < 4.78 is 39.0. The lowest BCUT2D eigenvalue weighted by atomic mass is 9.97. The zero-order valence-electron chi connectivity index (χ0n) is 14.4. The second kappa shape index (κ2) is 8.01. The van der Waals surface area contributed by atoms with Gasteiger partial charge in [0.1, 0.15) is 10.6 Å². The summed E-state index contributed by atoms with van der Waals surface area (Å²) in [7, 11) is -2.17. The summed E-state index contributed by atoms with van der Waals surface area (Å²) in [6, 6.07) is 6.63. The largest absolute Gasteiger partial charge is 0.495 e. The number of ether oxygens (including phenoxy) is 1. The summed E-state index contributed by atoms with van der Waals surface area (Å²) in [4.78, 5) is 0.153. The van der Waals surface area contributed by atoms with Gasteiger partial charge in [-0.2, -0.15) is 0 Å². The number of nitrogens with zero attached hydrogens (tertiary/aromatic N) is 1. The monoisotopic (exact) mass is 364 g/mol. The Bertz CT molecular complexity index is 779. The first-order valence-corrected chi connectivity index (χ1v) is 10.2. The number of nitrogens with one attached hydrogen (secondary N) is 1. The van der Waals surface area contributed by atoms with Crippen molar-refractivity contribution in [3.05, 3.63) is 30.5 Å². The molecule has 0 spiro atoms. The zero-order chi connectivity index (χ0) is 17.7. The maximum Gasteiger partial charge on any atom is 0.244 e. The number of aromatic nitrogens is 1. The van der Waals surface area contributed by atoms with Crippen molar-refractivity contribution in [2.24, 2.45) is 0 Å². The summed E-state index contributed by atoms with van der Waals surface area (Å²) >= 11 is 0. The van der Waals surface area contributed by atoms with E-state index in [2.05, 4.69) is 9.88 Å². The first-order chi connectivity index (χ1) is 12.1. The van der Waals surface area contributed by atoms with Gasteiger partial charge in [-0.25, -0.2) is 13.1 Å². The van der Waals surface area contributed by atoms with E-state index in [-0.39, 0.29) is 10.9 Å². The zero-order valence-corrected chi connectivity index (χ0v) is 15.2. The first-order valence-electron chi connectivity index (χ1n) is 8.71. The van der Waals surface area contributed by atoms with Crippen molar-refractivity contribution in [2.75, 3.05) is 7.11 Å². The van der Waals surface area contributed by atoms with Crippen LogP contribution in [0.1, 0.15) is 44.9 Å². The fourth-order valence-corrected chi connectivity index (χ4v) is 4.72. The number of rotatable bonds is 5. The van der Waals surface area contributed by atoms with Gasteiger partial charge in [0.25, 0.3) is 0 Å². The van der Waals surface area contributed by atoms with Crippen molar-refractivity contribution >= 4 is 10.0 Å². The molecular formula is C18H24N2O4S. The number of hydrogen-bond acceptors (Lipinski definition) is 5. The summed E-state index contributed by atoms with van der Waals surface area (Å²) in [5.41, 5.74) is 0.722. The molecule has 25 heavy (non-hydrogen) atoms. The van der Waals surface area contributed by atoms with E-state index in [4.69, 9.17) is 9.26 Å². The predicted octanol–water partition coefficient (Wildman–Crippen LogP) is 3.74. The highest BCUT2D eigenvalue weighted by atomic mass is 32.2. The summed E-state index contributed by atoms with van der Waals surface area (Å²) in [5.74, 6) is 0.863. The van der Waals surface area contributed by atoms with Gasteiger partial charge >= 0.3 is 0 Å². The van der Waals surface area contributed by atoms with Gasteiger partial charge in [-0.05, 0) is 31.0 Å². The summed E-state index contributed by atoms with van der Waals surface area (Å²) in [6.07, 6.45) is 9.04. The van der Waals surface area contributed by atoms with Crippen LogP contribution in [0.4, 0.5) is 0 Å². The van der Waals surface area contributed by atoms with E-state index in [0.29, 0.717) is 11.5 Å². The van der Waals surface area contributed by atoms with Crippen molar-refractivity contribution < 1.29 is 17.7 Å². The van der Waals surface area contributed by atoms with Gasteiger partial charge in [-0.3, -0.25) is 0 Å². The molecule has 0 radical (unpaired) electrons. The topological polar surface area (TPSA) is 81.4 Å². The average molecular weight is 364 g/mol. The molecule has 6 nitrogen and oxygen atoms in total. The van der Waals surface area contributed by atoms with Gasteiger partial charge in [0.05, 0.1) is 13.3 Å². The van der Waals surface area contributed by atoms with E-state index >= 15 is 0 Å². The highest BCUT2D eigenvalue weighted by molar-refractivity contribution is 7.89. The molecule has 1 heterocycles. The van der Waals surface area contributed by atoms with Crippen LogP contribution in [0.15, 0.2) is 39.9 Å². The van der Waals surface area contributed by atoms with Crippen LogP contribution < -0.4 is 9.46 Å². The van der Waals surface area contributed by atoms with Gasteiger partial charge in [-0.15, -0.1) is 0 Å². The third-order valence-corrected chi connectivity index (χ3v) is 6.16. The fraction of sp³-hybridized carbons (Fsp3) is 0.500. The Morgan fingerprint density at radius 2 is 1.84 bits per heavy atom. The third-order valence-electron chi connectivity index (χ3n) is 4.60. The highest BCUT2D eigenvalue weighted by Gasteiger charge is 2.24. The lowest BCUT2D eigenvalue weighted by molar-refractivity contribution is 0.398. The van der Waals surface area contributed by atoms with Crippen LogP contribution in [0, 0.1) is 0 Å². The number of sulfonamides is 1. The van der Waals surface area contributed by atoms with Crippen LogP contribution >= 0.6 is 0 Å². The van der Waals surface area contributed by atoms with E-state index in [0.717, 1.165) is 31.2 Å². The molecule has 0 amide bonds. The molecule has 1 N–H and O–H groups in total. The normalized spacial score (nSPS) is 17.0. The molecule has 0 atom stereocenters. The lowest BCUT2D eigenvalue weighted by Crippen LogP contribution is -2.35. The van der Waals surface area contributed by atoms with Gasteiger partial charge in [-0.1, -0.05) is 37.3 Å². The molecule has 136 valence electrons. The Kier molecular flexibility index (Phi) is 5.75. The Balaban J connectivity index is 1.83. The minimum Gasteiger partial charge on any atom is -0.495 e. The standard InChI is InChI=1S/C18H24N2O4S/c1-23-17-13-14(16-11-12-19-24-16)9-10-18(17)25(21,22)20-15-7-5-3-2-4-6-8-15/h9-13,15,20H,2-8H2,1H3. The molecule has 1 aliphatic carbocycles. The fourth-order valence-electron chi connectivity index (χ4n) is 3.26. The summed E-state index contributed by atoms with van der Waals surface area (Å²) in [6.45, 7) is 0. The molecular weight excluding hydrogens is 340 g/mol. The second-order valence-electron chi connectivity index (χ2n) is 6.41. The van der Waals surface area contributed by atoms with Crippen molar-refractivity contribution in [1.29, 1.82) is 0 Å². The molecule has 7 heteroatoms. The molecule has 0 aliphatic heterocycles. The van der Waals surface area contributed by atoms with Crippen molar-refractivity contribution in [3.63, 3.8) is 0 Å². The molecule has 1 aromatic carbocycles. The number of hydrogen-bond donors (Lipinski definition) is 1. The average Bonchev–Trinajstić information content (AvgIpc) is 3.11. The van der Waals surface area contributed by atoms with Crippen LogP contribution in [0.25, 0.3) is 11.3 Å². The van der Waals surface area contributed by atoms with Crippen LogP contribution in [0.5, 0.6) is 5.75 Å². The van der Waals surface area contributed by atoms with E-state index in [1.54, 1.807) is 30.5 Å². The van der Waals surface area contributed by atoms with Crippen LogP contribution in [0.2, 0.25) is 0 Å². The molecule has 0 bridgehead atoms. The van der Waals surface area contributed by atoms with Crippen molar-refractivity contribution in [3.8, 4) is 17.1 Å². The summed E-state index contributed by atoms with van der Waals surface area (Å²) in [5, 5.41) is 3.67. The van der Waals surface area contributed by atoms with Crippen molar-refractivity contribution in [2.45, 2.75) is 55.9 Å². The molecule has 2 aromatic rings. The lowest BCUT2D eigenvalue weighted by Gasteiger charge is -2.21. The molecule has 1 aromatic heterocycles. The minimum absolute atomic E-state index is 0.0102. The van der Waals surface area contributed by atoms with E-state index in [9.17, 15) is 8.42 Å². The Labute approximate surface area is 148 Å². The van der Waals surface area contributed by atoms with E-state index < -0.39 is 10.0 Å². The van der Waals surface area contributed by atoms with Crippen LogP contribution in [-0.2, 0) is 10.0 Å². The predicted molar refractivity (Wildman–Crippen MR) is 94.9 cm³/mol. The molecule has 1 saturated carbocycles. The Hall–Kier alpha value is -1.86. The first kappa shape index (κ1) is 17.9. The number of methoxy groups -OCH3 is 1. The minimum atomic E-state index is -3.64. The van der Waals surface area contributed by atoms with Gasteiger partial charge in [0.15, 0.2) is 5.76 Å². The highest BCUT2D eigenvalue weighted by Crippen LogP contribution is 2.30. The Morgan fingerprint density at radius 1 is 1.12 bits per heavy atom. The van der Waals surface area contributed by atoms with Gasteiger partial charge in [0, 0.05) is 17.7 Å². The number of benzene rings is 1. The quantitative estimate of drug-likeness (QED) is 0.874. The molecule has 1 aliphatic rings. The Morgan fingerprint density at radius 3 is 2.48 bits per heavy atom. The maximum atomic E-state index is 12.8. The SMILES string of the molecule is COc1cc(-c2ccno2)ccc1S(=O)(=O)NC1CCCCCCC1. The third kappa shape index (κ3) is 4.41. The van der Waals surface area contributed by atoms with E-state index in [1.165, 1.54) is 26.4 Å². The van der Waals surface area contributed by atoms with Crippen molar-refractivity contribution in [1.82, 2.24) is 9.88 Å². The molecule has 0 saturated heterocycles. The molecule has 3 rings (SSSR count). The van der Waals surface area contributed by atoms with Gasteiger partial charge in [0.2, 0.25) is 10.0 Å². The molecule has 1 fully saturated rings. The second-order valence-corrected chi connectivity index (χ2v) is 8.09. The van der Waals surface area contributed by atoms with E-state index in [1.807, 2.05) is 0 Å². The van der Waals surface area contributed by atoms with Crippen LogP contribution in [0.3, 0.4) is 0 Å². The molecule has 0 unspecified atom stereocenters. The maximum absolute atomic E-state index is 12.8. The smallest absolute Gasteiger partial charge is 0.244 e.